The van der Waals surface area contributed by atoms with E-state index in [0.717, 1.165) is 0 Å². The number of ketones is 1. The Bertz CT molecular complexity index is 862. The number of aliphatic hydroxyl groups excluding tert-OH is 1. The zero-order valence-electron chi connectivity index (χ0n) is 14.9. The van der Waals surface area contributed by atoms with Crippen molar-refractivity contribution in [2.45, 2.75) is 12.5 Å². The maximum Gasteiger partial charge on any atom is 0.295 e. The van der Waals surface area contributed by atoms with Crippen LogP contribution in [0.2, 0.25) is 0 Å². The number of halogens is 1. The summed E-state index contributed by atoms with van der Waals surface area (Å²) in [7, 11) is 1.56. The molecular formula is C21H20FNO4. The number of hydrogen-bond acceptors (Lipinski definition) is 4. The minimum absolute atomic E-state index is 0.00947. The summed E-state index contributed by atoms with van der Waals surface area (Å²) in [6.07, 6.45) is 0.534. The minimum atomic E-state index is -0.775. The van der Waals surface area contributed by atoms with E-state index in [1.54, 1.807) is 37.4 Å². The first-order chi connectivity index (χ1) is 13.0. The Balaban J connectivity index is 2.10. The van der Waals surface area contributed by atoms with Crippen LogP contribution in [0.3, 0.4) is 0 Å². The molecular weight excluding hydrogens is 349 g/mol. The van der Waals surface area contributed by atoms with Gasteiger partial charge in [0.1, 0.15) is 11.6 Å². The van der Waals surface area contributed by atoms with Crippen LogP contribution in [-0.4, -0.2) is 42.0 Å². The molecule has 1 unspecified atom stereocenters. The van der Waals surface area contributed by atoms with Gasteiger partial charge in [0, 0.05) is 25.8 Å². The molecule has 0 radical (unpaired) electrons. The Hall–Kier alpha value is -2.99. The van der Waals surface area contributed by atoms with Crippen LogP contribution in [-0.2, 0) is 14.3 Å². The third-order valence-electron chi connectivity index (χ3n) is 4.52. The lowest BCUT2D eigenvalue weighted by Gasteiger charge is -2.25. The van der Waals surface area contributed by atoms with Crippen LogP contribution in [0.25, 0.3) is 5.76 Å². The highest BCUT2D eigenvalue weighted by atomic mass is 19.1. The number of methoxy groups -OCH3 is 1. The third-order valence-corrected chi connectivity index (χ3v) is 4.52. The average molecular weight is 369 g/mol. The van der Waals surface area contributed by atoms with E-state index in [1.807, 2.05) is 0 Å². The van der Waals surface area contributed by atoms with Gasteiger partial charge in [-0.05, 0) is 24.1 Å². The third kappa shape index (κ3) is 3.75. The van der Waals surface area contributed by atoms with Gasteiger partial charge >= 0.3 is 0 Å². The van der Waals surface area contributed by atoms with E-state index in [1.165, 1.54) is 29.2 Å². The lowest BCUT2D eigenvalue weighted by atomic mass is 9.95. The van der Waals surface area contributed by atoms with E-state index >= 15 is 0 Å². The second kappa shape index (κ2) is 8.14. The molecule has 0 spiro atoms. The van der Waals surface area contributed by atoms with Gasteiger partial charge in [-0.3, -0.25) is 9.59 Å². The quantitative estimate of drug-likeness (QED) is 0.367. The zero-order valence-corrected chi connectivity index (χ0v) is 14.9. The fraction of sp³-hybridized carbons (Fsp3) is 0.238. The fourth-order valence-electron chi connectivity index (χ4n) is 3.23. The predicted octanol–water partition coefficient (Wildman–Crippen LogP) is 3.28. The number of Topliss-reactive ketones (excluding diaryl/α,β-unsaturated/α-hetero) is 1. The number of amides is 1. The van der Waals surface area contributed by atoms with Crippen molar-refractivity contribution < 1.29 is 23.8 Å². The van der Waals surface area contributed by atoms with Crippen LogP contribution in [0.5, 0.6) is 0 Å². The molecule has 2 aromatic carbocycles. The maximum atomic E-state index is 13.4. The number of rotatable bonds is 6. The first-order valence-corrected chi connectivity index (χ1v) is 8.63. The van der Waals surface area contributed by atoms with Crippen LogP contribution in [0.4, 0.5) is 4.39 Å². The monoisotopic (exact) mass is 369 g/mol. The Morgan fingerprint density at radius 3 is 2.41 bits per heavy atom. The Morgan fingerprint density at radius 2 is 1.78 bits per heavy atom. The Kier molecular flexibility index (Phi) is 5.66. The first kappa shape index (κ1) is 18.8. The summed E-state index contributed by atoms with van der Waals surface area (Å²) in [5, 5.41) is 10.8. The molecule has 0 saturated carbocycles. The summed E-state index contributed by atoms with van der Waals surface area (Å²) in [5.41, 5.74) is 1.01. The zero-order chi connectivity index (χ0) is 19.4. The largest absolute Gasteiger partial charge is 0.507 e. The van der Waals surface area contributed by atoms with Gasteiger partial charge in [0.05, 0.1) is 11.6 Å². The van der Waals surface area contributed by atoms with Crippen LogP contribution >= 0.6 is 0 Å². The lowest BCUT2D eigenvalue weighted by Crippen LogP contribution is -2.31. The van der Waals surface area contributed by atoms with E-state index in [0.29, 0.717) is 24.2 Å². The van der Waals surface area contributed by atoms with Crippen molar-refractivity contribution in [2.24, 2.45) is 0 Å². The number of nitrogens with zero attached hydrogens (tertiary/aromatic N) is 1. The number of hydrogen-bond donors (Lipinski definition) is 1. The van der Waals surface area contributed by atoms with Crippen molar-refractivity contribution in [1.82, 2.24) is 4.90 Å². The van der Waals surface area contributed by atoms with Gasteiger partial charge in [0.25, 0.3) is 11.7 Å². The highest BCUT2D eigenvalue weighted by Crippen LogP contribution is 2.39. The van der Waals surface area contributed by atoms with Crippen LogP contribution in [0, 0.1) is 5.82 Å². The van der Waals surface area contributed by atoms with Crippen molar-refractivity contribution in [3.8, 4) is 0 Å². The molecule has 1 amide bonds. The fourth-order valence-corrected chi connectivity index (χ4v) is 3.23. The van der Waals surface area contributed by atoms with Gasteiger partial charge in [0.15, 0.2) is 0 Å². The minimum Gasteiger partial charge on any atom is -0.507 e. The predicted molar refractivity (Wildman–Crippen MR) is 98.3 cm³/mol. The van der Waals surface area contributed by atoms with Gasteiger partial charge in [-0.25, -0.2) is 4.39 Å². The Labute approximate surface area is 156 Å². The number of aliphatic hydroxyl groups is 1. The van der Waals surface area contributed by atoms with E-state index < -0.39 is 23.5 Å². The summed E-state index contributed by atoms with van der Waals surface area (Å²) < 4.78 is 18.4. The van der Waals surface area contributed by atoms with Gasteiger partial charge in [-0.15, -0.1) is 0 Å². The molecule has 6 heteroatoms. The normalized spacial score (nSPS) is 18.9. The highest BCUT2D eigenvalue weighted by Gasteiger charge is 2.45. The molecule has 1 aliphatic rings. The molecule has 3 rings (SSSR count). The summed E-state index contributed by atoms with van der Waals surface area (Å²) in [6.45, 7) is 0.712. The lowest BCUT2D eigenvalue weighted by molar-refractivity contribution is -0.140. The van der Waals surface area contributed by atoms with Gasteiger partial charge in [-0.2, -0.15) is 0 Å². The highest BCUT2D eigenvalue weighted by molar-refractivity contribution is 6.46. The molecule has 2 aromatic rings. The molecule has 1 N–H and O–H groups in total. The summed E-state index contributed by atoms with van der Waals surface area (Å²) in [6, 6.07) is 13.4. The number of carbonyl (C=O) groups is 2. The van der Waals surface area contributed by atoms with Gasteiger partial charge < -0.3 is 14.7 Å². The molecule has 1 saturated heterocycles. The average Bonchev–Trinajstić information content (AvgIpc) is 2.94. The van der Waals surface area contributed by atoms with Crippen molar-refractivity contribution in [1.29, 1.82) is 0 Å². The number of benzene rings is 2. The number of ether oxygens (including phenoxy) is 1. The second-order valence-electron chi connectivity index (χ2n) is 6.26. The molecule has 0 aliphatic carbocycles. The molecule has 1 aliphatic heterocycles. The van der Waals surface area contributed by atoms with Crippen LogP contribution in [0.1, 0.15) is 23.6 Å². The van der Waals surface area contributed by atoms with E-state index in [4.69, 9.17) is 4.74 Å². The molecule has 1 heterocycles. The molecule has 140 valence electrons. The van der Waals surface area contributed by atoms with E-state index in [9.17, 15) is 19.1 Å². The summed E-state index contributed by atoms with van der Waals surface area (Å²) in [5.74, 6) is -2.09. The second-order valence-corrected chi connectivity index (χ2v) is 6.26. The molecule has 1 atom stereocenters. The molecule has 5 nitrogen and oxygen atoms in total. The summed E-state index contributed by atoms with van der Waals surface area (Å²) in [4.78, 5) is 26.7. The standard InChI is InChI=1S/C21H20FNO4/c1-27-13-5-12-23-18(14-8-10-16(22)11-9-14)17(20(25)21(23)26)19(24)15-6-3-2-4-7-15/h2-4,6-11,18,24H,5,12-13H2,1H3. The van der Waals surface area contributed by atoms with E-state index in [-0.39, 0.29) is 17.9 Å². The summed E-state index contributed by atoms with van der Waals surface area (Å²) >= 11 is 0. The number of likely N-dealkylation sites (tertiary alicyclic amines) is 1. The maximum absolute atomic E-state index is 13.4. The van der Waals surface area contributed by atoms with Crippen molar-refractivity contribution >= 4 is 17.4 Å². The van der Waals surface area contributed by atoms with Gasteiger partial charge in [0.2, 0.25) is 0 Å². The molecule has 0 bridgehead atoms. The van der Waals surface area contributed by atoms with Crippen LogP contribution < -0.4 is 0 Å². The van der Waals surface area contributed by atoms with Crippen molar-refractivity contribution in [2.75, 3.05) is 20.3 Å². The van der Waals surface area contributed by atoms with Crippen molar-refractivity contribution in [3.05, 3.63) is 77.1 Å². The first-order valence-electron chi connectivity index (χ1n) is 8.63. The van der Waals surface area contributed by atoms with Crippen LogP contribution in [0.15, 0.2) is 60.2 Å². The number of carbonyl (C=O) groups excluding carboxylic acids is 2. The molecule has 1 fully saturated rings. The Morgan fingerprint density at radius 1 is 1.11 bits per heavy atom. The van der Waals surface area contributed by atoms with Gasteiger partial charge in [-0.1, -0.05) is 42.5 Å². The smallest absolute Gasteiger partial charge is 0.295 e. The van der Waals surface area contributed by atoms with Crippen molar-refractivity contribution in [3.63, 3.8) is 0 Å². The van der Waals surface area contributed by atoms with E-state index in [2.05, 4.69) is 0 Å². The topological polar surface area (TPSA) is 66.8 Å². The molecule has 27 heavy (non-hydrogen) atoms. The molecule has 0 aromatic heterocycles. The SMILES string of the molecule is COCCCN1C(=O)C(=O)C(=C(O)c2ccccc2)C1c1ccc(F)cc1.